The van der Waals surface area contributed by atoms with Gasteiger partial charge < -0.3 is 9.47 Å². The van der Waals surface area contributed by atoms with Crippen molar-refractivity contribution in [2.75, 3.05) is 13.7 Å². The average Bonchev–Trinajstić information content (AvgIpc) is 2.70. The Kier molecular flexibility index (Phi) is 8.45. The molecule has 2 aromatic rings. The molecule has 29 heavy (non-hydrogen) atoms. The molecular formula is C20H20ClN3O4S. The molecule has 9 heteroatoms. The lowest BCUT2D eigenvalue weighted by Gasteiger charge is -2.11. The lowest BCUT2D eigenvalue weighted by Crippen LogP contribution is -2.49. The number of carbonyl (C=O) groups is 2. The third kappa shape index (κ3) is 7.44. The fourth-order valence-electron chi connectivity index (χ4n) is 2.24. The molecule has 2 aromatic carbocycles. The molecule has 0 spiro atoms. The van der Waals surface area contributed by atoms with Crippen molar-refractivity contribution in [3.8, 4) is 11.5 Å². The molecule has 0 atom stereocenters. The van der Waals surface area contributed by atoms with E-state index in [1.165, 1.54) is 6.08 Å². The van der Waals surface area contributed by atoms with Gasteiger partial charge in [-0.25, -0.2) is 0 Å². The average molecular weight is 434 g/mol. The topological polar surface area (TPSA) is 88.7 Å². The fraction of sp³-hybridized carbons (Fsp3) is 0.150. The number of hydrazine groups is 1. The molecule has 0 aromatic heterocycles. The summed E-state index contributed by atoms with van der Waals surface area (Å²) in [6.07, 6.45) is 2.90. The van der Waals surface area contributed by atoms with Gasteiger partial charge in [0.1, 0.15) is 11.5 Å². The second-order valence-electron chi connectivity index (χ2n) is 5.77. The monoisotopic (exact) mass is 433 g/mol. The summed E-state index contributed by atoms with van der Waals surface area (Å²) in [5.41, 5.74) is 6.33. The first-order valence-corrected chi connectivity index (χ1v) is 9.27. The minimum atomic E-state index is -0.472. The van der Waals surface area contributed by atoms with Gasteiger partial charge >= 0.3 is 0 Å². The Bertz CT molecular complexity index is 934. The SMILES string of the molecule is COc1ccccc1C=CC(=O)NC(=S)NNC(=O)COc1ccc(Cl)cc1C. The summed E-state index contributed by atoms with van der Waals surface area (Å²) >= 11 is 10.8. The van der Waals surface area contributed by atoms with E-state index < -0.39 is 11.8 Å². The highest BCUT2D eigenvalue weighted by molar-refractivity contribution is 7.80. The largest absolute Gasteiger partial charge is 0.496 e. The molecule has 0 fully saturated rings. The third-order valence-electron chi connectivity index (χ3n) is 3.60. The van der Waals surface area contributed by atoms with Crippen LogP contribution in [-0.2, 0) is 9.59 Å². The Labute approximate surface area is 179 Å². The molecule has 0 aliphatic rings. The number of para-hydroxylation sites is 1. The van der Waals surface area contributed by atoms with Gasteiger partial charge in [0.2, 0.25) is 5.91 Å². The van der Waals surface area contributed by atoms with Gasteiger partial charge in [0, 0.05) is 16.7 Å². The second kappa shape index (κ2) is 11.0. The molecule has 2 amide bonds. The van der Waals surface area contributed by atoms with Gasteiger partial charge in [0.15, 0.2) is 11.7 Å². The second-order valence-corrected chi connectivity index (χ2v) is 6.61. The molecule has 152 valence electrons. The van der Waals surface area contributed by atoms with E-state index in [9.17, 15) is 9.59 Å². The van der Waals surface area contributed by atoms with E-state index in [-0.39, 0.29) is 11.7 Å². The van der Waals surface area contributed by atoms with Gasteiger partial charge in [-0.1, -0.05) is 29.8 Å². The van der Waals surface area contributed by atoms with Crippen LogP contribution in [-0.4, -0.2) is 30.6 Å². The molecule has 0 aliphatic carbocycles. The van der Waals surface area contributed by atoms with E-state index in [2.05, 4.69) is 16.2 Å². The predicted octanol–water partition coefficient (Wildman–Crippen LogP) is 2.77. The van der Waals surface area contributed by atoms with Crippen LogP contribution in [0.2, 0.25) is 5.02 Å². The molecule has 0 saturated carbocycles. The van der Waals surface area contributed by atoms with Crippen molar-refractivity contribution in [2.45, 2.75) is 6.92 Å². The third-order valence-corrected chi connectivity index (χ3v) is 4.04. The number of thiocarbonyl (C=S) groups is 1. The van der Waals surface area contributed by atoms with Crippen LogP contribution in [0, 0.1) is 6.92 Å². The minimum absolute atomic E-state index is 0.0595. The maximum Gasteiger partial charge on any atom is 0.276 e. The number of carbonyl (C=O) groups excluding carboxylic acids is 2. The highest BCUT2D eigenvalue weighted by atomic mass is 35.5. The minimum Gasteiger partial charge on any atom is -0.496 e. The number of benzene rings is 2. The quantitative estimate of drug-likeness (QED) is 0.369. The maximum absolute atomic E-state index is 11.9. The lowest BCUT2D eigenvalue weighted by molar-refractivity contribution is -0.123. The molecule has 7 nitrogen and oxygen atoms in total. The van der Waals surface area contributed by atoms with Crippen molar-refractivity contribution in [2.24, 2.45) is 0 Å². The normalized spacial score (nSPS) is 10.3. The number of amides is 2. The summed E-state index contributed by atoms with van der Waals surface area (Å²) in [4.78, 5) is 23.8. The molecule has 3 N–H and O–H groups in total. The number of ether oxygens (including phenoxy) is 2. The summed E-state index contributed by atoms with van der Waals surface area (Å²) < 4.78 is 10.6. The van der Waals surface area contributed by atoms with Crippen LogP contribution in [0.4, 0.5) is 0 Å². The van der Waals surface area contributed by atoms with Gasteiger partial charge in [0.05, 0.1) is 7.11 Å². The number of aryl methyl sites for hydroxylation is 1. The summed E-state index contributed by atoms with van der Waals surface area (Å²) in [6, 6.07) is 12.3. The first kappa shape index (κ1) is 22.2. The van der Waals surface area contributed by atoms with Crippen molar-refractivity contribution in [1.29, 1.82) is 0 Å². The van der Waals surface area contributed by atoms with Crippen LogP contribution >= 0.6 is 23.8 Å². The summed E-state index contributed by atoms with van der Waals surface area (Å²) in [7, 11) is 1.55. The van der Waals surface area contributed by atoms with E-state index in [4.69, 9.17) is 33.3 Å². The Morgan fingerprint density at radius 3 is 2.62 bits per heavy atom. The lowest BCUT2D eigenvalue weighted by atomic mass is 10.2. The van der Waals surface area contributed by atoms with E-state index >= 15 is 0 Å². The number of hydrogen-bond donors (Lipinski definition) is 3. The van der Waals surface area contributed by atoms with Crippen LogP contribution < -0.4 is 25.6 Å². The highest BCUT2D eigenvalue weighted by Gasteiger charge is 2.07. The molecule has 0 aliphatic heterocycles. The summed E-state index contributed by atoms with van der Waals surface area (Å²) in [6.45, 7) is 1.58. The smallest absolute Gasteiger partial charge is 0.276 e. The Hall–Kier alpha value is -3.10. The first-order valence-electron chi connectivity index (χ1n) is 8.49. The number of hydrogen-bond acceptors (Lipinski definition) is 5. The van der Waals surface area contributed by atoms with Crippen LogP contribution in [0.3, 0.4) is 0 Å². The molecular weight excluding hydrogens is 414 g/mol. The molecule has 0 saturated heterocycles. The van der Waals surface area contributed by atoms with E-state index in [0.717, 1.165) is 11.1 Å². The van der Waals surface area contributed by atoms with Crippen LogP contribution in [0.15, 0.2) is 48.5 Å². The molecule has 2 rings (SSSR count). The van der Waals surface area contributed by atoms with Crippen LogP contribution in [0.5, 0.6) is 11.5 Å². The number of rotatable bonds is 6. The van der Waals surface area contributed by atoms with Gasteiger partial charge in [0.25, 0.3) is 5.91 Å². The number of nitrogens with one attached hydrogen (secondary N) is 3. The number of methoxy groups -OCH3 is 1. The first-order chi connectivity index (χ1) is 13.9. The zero-order chi connectivity index (χ0) is 21.2. The van der Waals surface area contributed by atoms with Gasteiger partial charge in [-0.3, -0.25) is 25.8 Å². The van der Waals surface area contributed by atoms with Crippen molar-refractivity contribution >= 4 is 46.8 Å². The molecule has 0 heterocycles. The highest BCUT2D eigenvalue weighted by Crippen LogP contribution is 2.21. The Balaban J connectivity index is 1.75. The van der Waals surface area contributed by atoms with E-state index in [1.807, 2.05) is 25.1 Å². The maximum atomic E-state index is 11.9. The van der Waals surface area contributed by atoms with Crippen LogP contribution in [0.1, 0.15) is 11.1 Å². The molecule has 0 unspecified atom stereocenters. The van der Waals surface area contributed by atoms with Crippen LogP contribution in [0.25, 0.3) is 6.08 Å². The summed E-state index contributed by atoms with van der Waals surface area (Å²) in [5.74, 6) is 0.249. The Morgan fingerprint density at radius 1 is 1.14 bits per heavy atom. The zero-order valence-electron chi connectivity index (χ0n) is 15.8. The number of halogens is 1. The fourth-order valence-corrected chi connectivity index (χ4v) is 2.61. The van der Waals surface area contributed by atoms with Gasteiger partial charge in [-0.05, 0) is 55.0 Å². The van der Waals surface area contributed by atoms with Gasteiger partial charge in [-0.15, -0.1) is 0 Å². The standard InChI is InChI=1S/C20H20ClN3O4S/c1-13-11-15(21)8-9-16(13)28-12-19(26)23-24-20(29)22-18(25)10-7-14-5-3-4-6-17(14)27-2/h3-11H,12H2,1-2H3,(H,23,26)(H2,22,24,25,29). The van der Waals surface area contributed by atoms with E-state index in [1.54, 1.807) is 37.5 Å². The summed E-state index contributed by atoms with van der Waals surface area (Å²) in [5, 5.41) is 2.94. The predicted molar refractivity (Wildman–Crippen MR) is 116 cm³/mol. The Morgan fingerprint density at radius 2 is 1.90 bits per heavy atom. The van der Waals surface area contributed by atoms with Crippen molar-refractivity contribution < 1.29 is 19.1 Å². The molecule has 0 radical (unpaired) electrons. The van der Waals surface area contributed by atoms with Crippen molar-refractivity contribution in [3.63, 3.8) is 0 Å². The molecule has 0 bridgehead atoms. The van der Waals surface area contributed by atoms with Crippen molar-refractivity contribution in [1.82, 2.24) is 16.2 Å². The van der Waals surface area contributed by atoms with Gasteiger partial charge in [-0.2, -0.15) is 0 Å². The zero-order valence-corrected chi connectivity index (χ0v) is 17.4. The van der Waals surface area contributed by atoms with Crippen molar-refractivity contribution in [3.05, 3.63) is 64.7 Å². The van der Waals surface area contributed by atoms with E-state index in [0.29, 0.717) is 16.5 Å².